The number of hydrogen-bond acceptors (Lipinski definition) is 8. The van der Waals surface area contributed by atoms with Crippen molar-refractivity contribution < 1.29 is 0 Å². The Bertz CT molecular complexity index is 2370. The Morgan fingerprint density at radius 2 is 0.558 bits per heavy atom. The highest BCUT2D eigenvalue weighted by Crippen LogP contribution is 2.60. The topological polar surface area (TPSA) is 90.8 Å². The van der Waals surface area contributed by atoms with Crippen LogP contribution in [-0.2, 0) is 0 Å². The van der Waals surface area contributed by atoms with E-state index in [1.807, 2.05) is 36.4 Å². The Morgan fingerprint density at radius 1 is 0.308 bits per heavy atom. The van der Waals surface area contributed by atoms with Gasteiger partial charge < -0.3 is 31.1 Å². The van der Waals surface area contributed by atoms with Gasteiger partial charge in [-0.1, -0.05) is 84.9 Å². The van der Waals surface area contributed by atoms with Gasteiger partial charge in [0.25, 0.3) is 0 Å². The third-order valence-corrected chi connectivity index (χ3v) is 9.88. The van der Waals surface area contributed by atoms with Gasteiger partial charge in [0.2, 0.25) is 0 Å². The van der Waals surface area contributed by atoms with Gasteiger partial charge in [0, 0.05) is 23.8 Å². The highest BCUT2D eigenvalue weighted by molar-refractivity contribution is 6.18. The van der Waals surface area contributed by atoms with Crippen LogP contribution in [0.5, 0.6) is 0 Å². The molecule has 0 aliphatic carbocycles. The third kappa shape index (κ3) is 4.28. The van der Waals surface area contributed by atoms with E-state index in [4.69, 9.17) is 21.4 Å². The summed E-state index contributed by atoms with van der Waals surface area (Å²) in [4.78, 5) is 19.0. The van der Waals surface area contributed by atoms with E-state index in [1.165, 1.54) is 0 Å². The molecule has 0 amide bonds. The normalized spacial score (nSPS) is 13.0. The molecule has 8 nitrogen and oxygen atoms in total. The van der Waals surface area contributed by atoms with E-state index >= 15 is 0 Å². The fraction of sp³-hybridized carbons (Fsp3) is 0. The molecule has 1 aromatic heterocycles. The number of fused-ring (bicyclic) bond motifs is 5. The molecule has 0 atom stereocenters. The number of nitrogen functional groups attached to an aromatic ring is 2. The van der Waals surface area contributed by atoms with Gasteiger partial charge >= 0.3 is 0 Å². The Hall–Kier alpha value is -7.32. The van der Waals surface area contributed by atoms with Crippen molar-refractivity contribution in [2.45, 2.75) is 0 Å². The number of benzene rings is 7. The number of rotatable bonds is 4. The highest BCUT2D eigenvalue weighted by Gasteiger charge is 2.37. The summed E-state index contributed by atoms with van der Waals surface area (Å²) in [5.74, 6) is 0. The minimum absolute atomic E-state index is 0.418. The molecule has 0 saturated heterocycles. The summed E-state index contributed by atoms with van der Waals surface area (Å²) in [6.45, 7) is 0. The minimum Gasteiger partial charge on any atom is -0.395 e. The molecule has 4 N–H and O–H groups in total. The number of hydrogen-bond donors (Lipinski definition) is 2. The van der Waals surface area contributed by atoms with Crippen LogP contribution in [0.4, 0.5) is 79.6 Å². The van der Waals surface area contributed by atoms with Crippen molar-refractivity contribution in [1.29, 1.82) is 0 Å². The molecular weight excluding hydrogens is 641 g/mol. The quantitative estimate of drug-likeness (QED) is 0.179. The van der Waals surface area contributed by atoms with E-state index in [1.54, 1.807) is 12.4 Å². The molecule has 2 aliphatic rings. The largest absolute Gasteiger partial charge is 0.395 e. The molecule has 0 bridgehead atoms. The van der Waals surface area contributed by atoms with Crippen LogP contribution in [0.3, 0.4) is 0 Å². The second kappa shape index (κ2) is 11.6. The first kappa shape index (κ1) is 29.6. The van der Waals surface area contributed by atoms with Gasteiger partial charge in [-0.25, -0.2) is 0 Å². The first-order valence-corrected chi connectivity index (χ1v) is 17.2. The number of nitrogens with zero attached hydrogens (tertiary/aromatic N) is 6. The van der Waals surface area contributed by atoms with Crippen LogP contribution in [0.25, 0.3) is 11.0 Å². The summed E-state index contributed by atoms with van der Waals surface area (Å²) < 4.78 is 0. The maximum atomic E-state index is 7.32. The van der Waals surface area contributed by atoms with E-state index in [9.17, 15) is 0 Å². The first-order chi connectivity index (χ1) is 25.7. The maximum absolute atomic E-state index is 7.32. The van der Waals surface area contributed by atoms with Crippen molar-refractivity contribution in [3.8, 4) is 0 Å². The van der Waals surface area contributed by atoms with Crippen LogP contribution in [0.2, 0.25) is 0 Å². The molecule has 8 heteroatoms. The van der Waals surface area contributed by atoms with Gasteiger partial charge in [0.1, 0.15) is 11.0 Å². The Balaban J connectivity index is 1.24. The van der Waals surface area contributed by atoms with E-state index in [0.29, 0.717) is 33.8 Å². The van der Waals surface area contributed by atoms with Crippen molar-refractivity contribution in [3.63, 3.8) is 0 Å². The maximum Gasteiger partial charge on any atom is 0.117 e. The second-order valence-electron chi connectivity index (χ2n) is 12.7. The van der Waals surface area contributed by atoms with Gasteiger partial charge in [-0.2, -0.15) is 0 Å². The summed E-state index contributed by atoms with van der Waals surface area (Å²) >= 11 is 0. The molecule has 0 saturated carbocycles. The van der Waals surface area contributed by atoms with Gasteiger partial charge in [-0.3, -0.25) is 9.97 Å². The van der Waals surface area contributed by atoms with Crippen molar-refractivity contribution in [3.05, 3.63) is 170 Å². The van der Waals surface area contributed by atoms with Crippen LogP contribution < -0.4 is 31.1 Å². The average Bonchev–Trinajstić information content (AvgIpc) is 3.21. The SMILES string of the molecule is Nc1c(N)c(N2c3ccccc3N(c3ccccc3)c3ccccc32)c2nccnc2c1N1c2ccccc2N(c2ccccc2)c2ccccc21. The van der Waals surface area contributed by atoms with Crippen LogP contribution in [0.1, 0.15) is 0 Å². The van der Waals surface area contributed by atoms with Crippen LogP contribution in [0.15, 0.2) is 170 Å². The van der Waals surface area contributed by atoms with Crippen molar-refractivity contribution in [1.82, 2.24) is 9.97 Å². The molecule has 8 aromatic rings. The third-order valence-electron chi connectivity index (χ3n) is 9.88. The standard InChI is InChI=1S/C44H32N8/c45-39-40(46)44(52-37-25-13-9-21-33(37)50(30-17-5-2-6-18-30)34-22-10-14-26-38(34)52)42-41(47-27-28-48-42)43(39)51-35-23-11-7-19-31(35)49(29-15-3-1-4-16-29)32-20-8-12-24-36(32)51/h1-28H,45-46H2. The molecular formula is C44H32N8. The zero-order valence-corrected chi connectivity index (χ0v) is 28.0. The van der Waals surface area contributed by atoms with Gasteiger partial charge in [-0.05, 0) is 72.8 Å². The molecule has 2 aliphatic heterocycles. The van der Waals surface area contributed by atoms with Crippen molar-refractivity contribution >= 4 is 90.7 Å². The second-order valence-corrected chi connectivity index (χ2v) is 12.7. The smallest absolute Gasteiger partial charge is 0.117 e. The molecule has 3 heterocycles. The van der Waals surface area contributed by atoms with E-state index < -0.39 is 0 Å². The van der Waals surface area contributed by atoms with E-state index in [-0.39, 0.29) is 0 Å². The van der Waals surface area contributed by atoms with Crippen molar-refractivity contribution in [2.24, 2.45) is 0 Å². The summed E-state index contributed by atoms with van der Waals surface area (Å²) in [6.07, 6.45) is 3.44. The fourth-order valence-electron chi connectivity index (χ4n) is 7.73. The van der Waals surface area contributed by atoms with Gasteiger partial charge in [0.05, 0.1) is 68.2 Å². The number of aromatic nitrogens is 2. The number of para-hydroxylation sites is 10. The lowest BCUT2D eigenvalue weighted by atomic mass is 10.0. The summed E-state index contributed by atoms with van der Waals surface area (Å²) in [6, 6.07) is 54.2. The summed E-state index contributed by atoms with van der Waals surface area (Å²) in [5, 5.41) is 0. The lowest BCUT2D eigenvalue weighted by Crippen LogP contribution is -2.27. The number of anilines is 14. The van der Waals surface area contributed by atoms with E-state index in [0.717, 1.165) is 56.9 Å². The predicted molar refractivity (Wildman–Crippen MR) is 214 cm³/mol. The lowest BCUT2D eigenvalue weighted by molar-refractivity contribution is 1.16. The summed E-state index contributed by atoms with van der Waals surface area (Å²) in [7, 11) is 0. The monoisotopic (exact) mass is 672 g/mol. The van der Waals surface area contributed by atoms with E-state index in [2.05, 4.69) is 141 Å². The van der Waals surface area contributed by atoms with Crippen LogP contribution in [0, 0.1) is 0 Å². The Kier molecular flexibility index (Phi) is 6.62. The Morgan fingerprint density at radius 3 is 0.846 bits per heavy atom. The molecule has 10 rings (SSSR count). The van der Waals surface area contributed by atoms with Crippen LogP contribution >= 0.6 is 0 Å². The zero-order valence-electron chi connectivity index (χ0n) is 28.0. The minimum atomic E-state index is 0.418. The highest BCUT2D eigenvalue weighted by atomic mass is 15.3. The van der Waals surface area contributed by atoms with Crippen molar-refractivity contribution in [2.75, 3.05) is 31.1 Å². The molecule has 248 valence electrons. The summed E-state index contributed by atoms with van der Waals surface area (Å²) in [5.41, 5.74) is 28.0. The Labute approximate surface area is 301 Å². The predicted octanol–water partition coefficient (Wildman–Crippen LogP) is 11.3. The van der Waals surface area contributed by atoms with Gasteiger partial charge in [-0.15, -0.1) is 0 Å². The molecule has 0 fully saturated rings. The molecule has 52 heavy (non-hydrogen) atoms. The molecule has 0 radical (unpaired) electrons. The lowest BCUT2D eigenvalue weighted by Gasteiger charge is -2.42. The average molecular weight is 673 g/mol. The fourth-order valence-corrected chi connectivity index (χ4v) is 7.73. The number of nitrogens with two attached hydrogens (primary N) is 2. The molecule has 0 unspecified atom stereocenters. The molecule has 7 aromatic carbocycles. The van der Waals surface area contributed by atoms with Crippen LogP contribution in [-0.4, -0.2) is 9.97 Å². The van der Waals surface area contributed by atoms with Gasteiger partial charge in [0.15, 0.2) is 0 Å². The first-order valence-electron chi connectivity index (χ1n) is 17.2. The molecule has 0 spiro atoms. The zero-order chi connectivity index (χ0) is 34.8.